The molecule has 1 aliphatic heterocycles. The van der Waals surface area contributed by atoms with Crippen LogP contribution >= 0.6 is 0 Å². The van der Waals surface area contributed by atoms with E-state index in [1.54, 1.807) is 0 Å². The summed E-state index contributed by atoms with van der Waals surface area (Å²) in [6.07, 6.45) is 2.39. The maximum absolute atomic E-state index is 11.7. The predicted molar refractivity (Wildman–Crippen MR) is 81.1 cm³/mol. The molecule has 1 amide bonds. The van der Waals surface area contributed by atoms with Crippen LogP contribution in [0.2, 0.25) is 0 Å². The summed E-state index contributed by atoms with van der Waals surface area (Å²) in [4.78, 5) is 14.0. The Kier molecular flexibility index (Phi) is 5.01. The van der Waals surface area contributed by atoms with Crippen molar-refractivity contribution in [3.8, 4) is 5.75 Å². The molecule has 1 fully saturated rings. The number of ether oxygens (including phenoxy) is 1. The number of carbonyl (C=O) groups is 1. The third kappa shape index (κ3) is 4.23. The summed E-state index contributed by atoms with van der Waals surface area (Å²) < 4.78 is 6.01. The highest BCUT2D eigenvalue weighted by molar-refractivity contribution is 5.92. The van der Waals surface area contributed by atoms with Crippen molar-refractivity contribution in [3.05, 3.63) is 24.3 Å². The Hall–Kier alpha value is -1.55. The SMILES string of the molecule is CC(C)C(=O)Nc1cccc(OC2CCN(C)CC2)c1. The zero-order chi connectivity index (χ0) is 14.5. The van der Waals surface area contributed by atoms with Crippen molar-refractivity contribution < 1.29 is 9.53 Å². The van der Waals surface area contributed by atoms with Crippen LogP contribution in [-0.2, 0) is 4.79 Å². The molecule has 1 aliphatic rings. The topological polar surface area (TPSA) is 41.6 Å². The molecule has 1 aromatic rings. The van der Waals surface area contributed by atoms with Gasteiger partial charge in [-0.05, 0) is 32.0 Å². The number of piperidine rings is 1. The highest BCUT2D eigenvalue weighted by atomic mass is 16.5. The van der Waals surface area contributed by atoms with E-state index in [0.717, 1.165) is 37.4 Å². The fraction of sp³-hybridized carbons (Fsp3) is 0.562. The maximum atomic E-state index is 11.7. The van der Waals surface area contributed by atoms with Crippen molar-refractivity contribution in [2.75, 3.05) is 25.5 Å². The predicted octanol–water partition coefficient (Wildman–Crippen LogP) is 2.75. The van der Waals surface area contributed by atoms with Gasteiger partial charge in [0.05, 0.1) is 0 Å². The van der Waals surface area contributed by atoms with Gasteiger partial charge in [-0.15, -0.1) is 0 Å². The molecule has 0 bridgehead atoms. The first-order valence-corrected chi connectivity index (χ1v) is 7.30. The number of rotatable bonds is 4. The van der Waals surface area contributed by atoms with E-state index in [0.29, 0.717) is 0 Å². The minimum absolute atomic E-state index is 0.0199. The van der Waals surface area contributed by atoms with Crippen LogP contribution in [0.3, 0.4) is 0 Å². The van der Waals surface area contributed by atoms with Crippen molar-refractivity contribution in [1.29, 1.82) is 0 Å². The van der Waals surface area contributed by atoms with E-state index < -0.39 is 0 Å². The van der Waals surface area contributed by atoms with Gasteiger partial charge in [-0.2, -0.15) is 0 Å². The van der Waals surface area contributed by atoms with Gasteiger partial charge in [-0.25, -0.2) is 0 Å². The smallest absolute Gasteiger partial charge is 0.226 e. The molecule has 1 aromatic carbocycles. The molecule has 4 nitrogen and oxygen atoms in total. The van der Waals surface area contributed by atoms with Gasteiger partial charge in [0.25, 0.3) is 0 Å². The molecule has 4 heteroatoms. The first-order chi connectivity index (χ1) is 9.54. The Balaban J connectivity index is 1.94. The molecule has 1 N–H and O–H groups in total. The van der Waals surface area contributed by atoms with Crippen LogP contribution in [0, 0.1) is 5.92 Å². The van der Waals surface area contributed by atoms with Gasteiger partial charge in [0.15, 0.2) is 0 Å². The number of nitrogens with one attached hydrogen (secondary N) is 1. The van der Waals surface area contributed by atoms with Gasteiger partial charge in [0.2, 0.25) is 5.91 Å². The lowest BCUT2D eigenvalue weighted by Gasteiger charge is -2.29. The normalized spacial score (nSPS) is 17.2. The largest absolute Gasteiger partial charge is 0.490 e. The number of hydrogen-bond donors (Lipinski definition) is 1. The van der Waals surface area contributed by atoms with E-state index in [4.69, 9.17) is 4.74 Å². The Morgan fingerprint density at radius 2 is 2.05 bits per heavy atom. The summed E-state index contributed by atoms with van der Waals surface area (Å²) in [5.41, 5.74) is 0.800. The first-order valence-electron chi connectivity index (χ1n) is 7.30. The molecule has 0 unspecified atom stereocenters. The van der Waals surface area contributed by atoms with Crippen molar-refractivity contribution in [1.82, 2.24) is 4.90 Å². The van der Waals surface area contributed by atoms with Gasteiger partial charge in [0.1, 0.15) is 11.9 Å². The Labute approximate surface area is 121 Å². The number of likely N-dealkylation sites (tertiary alicyclic amines) is 1. The van der Waals surface area contributed by atoms with E-state index in [9.17, 15) is 4.79 Å². The summed E-state index contributed by atoms with van der Waals surface area (Å²) in [6.45, 7) is 5.92. The first kappa shape index (κ1) is 14.9. The fourth-order valence-electron chi connectivity index (χ4n) is 2.23. The van der Waals surface area contributed by atoms with E-state index in [2.05, 4.69) is 17.3 Å². The highest BCUT2D eigenvalue weighted by Gasteiger charge is 2.18. The molecule has 0 spiro atoms. The van der Waals surface area contributed by atoms with Gasteiger partial charge >= 0.3 is 0 Å². The lowest BCUT2D eigenvalue weighted by molar-refractivity contribution is -0.118. The fourth-order valence-corrected chi connectivity index (χ4v) is 2.23. The summed E-state index contributed by atoms with van der Waals surface area (Å²) in [7, 11) is 2.14. The molecule has 0 atom stereocenters. The van der Waals surface area contributed by atoms with Gasteiger partial charge in [-0.3, -0.25) is 4.79 Å². The number of benzene rings is 1. The van der Waals surface area contributed by atoms with Crippen LogP contribution in [0.15, 0.2) is 24.3 Å². The van der Waals surface area contributed by atoms with E-state index in [1.807, 2.05) is 38.1 Å². The summed E-state index contributed by atoms with van der Waals surface area (Å²) in [6, 6.07) is 7.66. The Morgan fingerprint density at radius 3 is 2.70 bits per heavy atom. The standard InChI is InChI=1S/C16H24N2O2/c1-12(2)16(19)17-13-5-4-6-15(11-13)20-14-7-9-18(3)10-8-14/h4-6,11-12,14H,7-10H2,1-3H3,(H,17,19). The molecule has 0 radical (unpaired) electrons. The highest BCUT2D eigenvalue weighted by Crippen LogP contribution is 2.22. The number of carbonyl (C=O) groups excluding carboxylic acids is 1. The van der Waals surface area contributed by atoms with Gasteiger partial charge in [0, 0.05) is 30.8 Å². The van der Waals surface area contributed by atoms with E-state index >= 15 is 0 Å². The average Bonchev–Trinajstić information content (AvgIpc) is 2.42. The lowest BCUT2D eigenvalue weighted by Crippen LogP contribution is -2.35. The minimum Gasteiger partial charge on any atom is -0.490 e. The molecule has 0 aromatic heterocycles. The second kappa shape index (κ2) is 6.75. The number of anilines is 1. The molecule has 2 rings (SSSR count). The van der Waals surface area contributed by atoms with Crippen LogP contribution in [0.1, 0.15) is 26.7 Å². The van der Waals surface area contributed by atoms with E-state index in [1.165, 1.54) is 0 Å². The quantitative estimate of drug-likeness (QED) is 0.919. The number of nitrogens with zero attached hydrogens (tertiary/aromatic N) is 1. The summed E-state index contributed by atoms with van der Waals surface area (Å²) in [5.74, 6) is 0.844. The molecule has 0 saturated carbocycles. The molecule has 1 heterocycles. The van der Waals surface area contributed by atoms with Crippen molar-refractivity contribution in [3.63, 3.8) is 0 Å². The molecule has 0 aliphatic carbocycles. The molecule has 20 heavy (non-hydrogen) atoms. The lowest BCUT2D eigenvalue weighted by atomic mass is 10.1. The molecule has 1 saturated heterocycles. The van der Waals surface area contributed by atoms with Crippen molar-refractivity contribution >= 4 is 11.6 Å². The van der Waals surface area contributed by atoms with Crippen LogP contribution < -0.4 is 10.1 Å². The van der Waals surface area contributed by atoms with Gasteiger partial charge in [-0.1, -0.05) is 19.9 Å². The van der Waals surface area contributed by atoms with Crippen LogP contribution in [0.4, 0.5) is 5.69 Å². The zero-order valence-electron chi connectivity index (χ0n) is 12.6. The second-order valence-corrected chi connectivity index (χ2v) is 5.79. The number of hydrogen-bond acceptors (Lipinski definition) is 3. The Morgan fingerprint density at radius 1 is 1.35 bits per heavy atom. The molecule has 110 valence electrons. The minimum atomic E-state index is -0.0199. The van der Waals surface area contributed by atoms with Gasteiger partial charge < -0.3 is 15.0 Å². The summed E-state index contributed by atoms with van der Waals surface area (Å²) in [5, 5.41) is 2.90. The van der Waals surface area contributed by atoms with Crippen LogP contribution in [0.5, 0.6) is 5.75 Å². The maximum Gasteiger partial charge on any atom is 0.226 e. The number of amides is 1. The average molecular weight is 276 g/mol. The zero-order valence-corrected chi connectivity index (χ0v) is 12.6. The van der Waals surface area contributed by atoms with Crippen molar-refractivity contribution in [2.24, 2.45) is 5.92 Å². The third-order valence-corrected chi connectivity index (χ3v) is 3.59. The molecular formula is C16H24N2O2. The monoisotopic (exact) mass is 276 g/mol. The Bertz CT molecular complexity index is 452. The van der Waals surface area contributed by atoms with Crippen LogP contribution in [0.25, 0.3) is 0 Å². The van der Waals surface area contributed by atoms with E-state index in [-0.39, 0.29) is 17.9 Å². The third-order valence-electron chi connectivity index (χ3n) is 3.59. The second-order valence-electron chi connectivity index (χ2n) is 5.79. The molecular weight excluding hydrogens is 252 g/mol. The van der Waals surface area contributed by atoms with Crippen molar-refractivity contribution in [2.45, 2.75) is 32.8 Å². The van der Waals surface area contributed by atoms with Crippen LogP contribution in [-0.4, -0.2) is 37.0 Å². The summed E-state index contributed by atoms with van der Waals surface area (Å²) >= 11 is 0.